The van der Waals surface area contributed by atoms with Crippen molar-refractivity contribution >= 4 is 11.9 Å². The average Bonchev–Trinajstić information content (AvgIpc) is 2.97. The highest BCUT2D eigenvalue weighted by molar-refractivity contribution is 5.90. The van der Waals surface area contributed by atoms with Gasteiger partial charge in [-0.15, -0.1) is 5.10 Å². The van der Waals surface area contributed by atoms with Crippen LogP contribution >= 0.6 is 0 Å². The van der Waals surface area contributed by atoms with E-state index in [1.807, 2.05) is 4.90 Å². The van der Waals surface area contributed by atoms with Crippen molar-refractivity contribution in [3.05, 3.63) is 18.4 Å². The molecule has 8 heteroatoms. The normalized spacial score (nSPS) is 14.6. The standard InChI is InChI=1S/C13H16N4O4/c18-6-5-17(9-3-4-9)8-11(19)14-13-16-15-12(21-13)10-2-1-7-20-10/h1-2,7,9,18H,3-6,8H2,(H,14,16,19). The Morgan fingerprint density at radius 2 is 2.33 bits per heavy atom. The number of amides is 1. The SMILES string of the molecule is O=C(CN(CCO)C1CC1)Nc1nnc(-c2ccco2)o1. The fourth-order valence-electron chi connectivity index (χ4n) is 2.08. The molecule has 2 N–H and O–H groups in total. The third-order valence-corrected chi connectivity index (χ3v) is 3.20. The Morgan fingerprint density at radius 3 is 3.00 bits per heavy atom. The van der Waals surface area contributed by atoms with Crippen LogP contribution in [0.4, 0.5) is 6.01 Å². The summed E-state index contributed by atoms with van der Waals surface area (Å²) in [6.07, 6.45) is 3.63. The summed E-state index contributed by atoms with van der Waals surface area (Å²) in [4.78, 5) is 13.9. The largest absolute Gasteiger partial charge is 0.459 e. The molecule has 0 bridgehead atoms. The minimum absolute atomic E-state index is 0.0335. The first-order valence-corrected chi connectivity index (χ1v) is 6.78. The second-order valence-electron chi connectivity index (χ2n) is 4.86. The molecular formula is C13H16N4O4. The highest BCUT2D eigenvalue weighted by atomic mass is 16.4. The van der Waals surface area contributed by atoms with E-state index in [2.05, 4.69) is 15.5 Å². The fraction of sp³-hybridized carbons (Fsp3) is 0.462. The first-order chi connectivity index (χ1) is 10.3. The molecule has 2 aromatic heterocycles. The van der Waals surface area contributed by atoms with Crippen LogP contribution in [-0.4, -0.2) is 51.8 Å². The van der Waals surface area contributed by atoms with Gasteiger partial charge in [-0.3, -0.25) is 15.0 Å². The van der Waals surface area contributed by atoms with Gasteiger partial charge in [0.25, 0.3) is 5.89 Å². The minimum Gasteiger partial charge on any atom is -0.459 e. The molecular weight excluding hydrogens is 276 g/mol. The van der Waals surface area contributed by atoms with Crippen molar-refractivity contribution in [3.63, 3.8) is 0 Å². The predicted octanol–water partition coefficient (Wildman–Crippen LogP) is 0.725. The van der Waals surface area contributed by atoms with Crippen LogP contribution < -0.4 is 5.32 Å². The Balaban J connectivity index is 1.57. The molecule has 0 aromatic carbocycles. The van der Waals surface area contributed by atoms with Gasteiger partial charge in [-0.2, -0.15) is 0 Å². The van der Waals surface area contributed by atoms with Crippen LogP contribution in [-0.2, 0) is 4.79 Å². The molecule has 2 heterocycles. The number of nitrogens with zero attached hydrogens (tertiary/aromatic N) is 3. The molecule has 1 aliphatic carbocycles. The van der Waals surface area contributed by atoms with Crippen molar-refractivity contribution in [2.45, 2.75) is 18.9 Å². The van der Waals surface area contributed by atoms with Crippen LogP contribution in [0.5, 0.6) is 0 Å². The van der Waals surface area contributed by atoms with Gasteiger partial charge in [0.2, 0.25) is 5.91 Å². The summed E-state index contributed by atoms with van der Waals surface area (Å²) in [6.45, 7) is 0.718. The lowest BCUT2D eigenvalue weighted by Crippen LogP contribution is -2.36. The van der Waals surface area contributed by atoms with Crippen LogP contribution in [0.15, 0.2) is 27.2 Å². The van der Waals surface area contributed by atoms with Crippen LogP contribution in [0.3, 0.4) is 0 Å². The summed E-state index contributed by atoms with van der Waals surface area (Å²) >= 11 is 0. The Labute approximate surface area is 120 Å². The molecule has 1 saturated carbocycles. The van der Waals surface area contributed by atoms with Gasteiger partial charge in [0.05, 0.1) is 19.4 Å². The van der Waals surface area contributed by atoms with Gasteiger partial charge in [-0.25, -0.2) is 0 Å². The molecule has 112 valence electrons. The predicted molar refractivity (Wildman–Crippen MR) is 72.3 cm³/mol. The fourth-order valence-corrected chi connectivity index (χ4v) is 2.08. The molecule has 0 unspecified atom stereocenters. The van der Waals surface area contributed by atoms with Gasteiger partial charge in [-0.1, -0.05) is 5.10 Å². The molecule has 0 spiro atoms. The van der Waals surface area contributed by atoms with Crippen LogP contribution in [0.2, 0.25) is 0 Å². The second kappa shape index (κ2) is 6.06. The Kier molecular flexibility index (Phi) is 3.98. The van der Waals surface area contributed by atoms with Crippen LogP contribution in [0.25, 0.3) is 11.7 Å². The van der Waals surface area contributed by atoms with E-state index in [0.29, 0.717) is 18.3 Å². The molecule has 1 amide bonds. The molecule has 3 rings (SSSR count). The lowest BCUT2D eigenvalue weighted by atomic mass is 10.4. The maximum atomic E-state index is 11.9. The summed E-state index contributed by atoms with van der Waals surface area (Å²) < 4.78 is 10.4. The van der Waals surface area contributed by atoms with E-state index in [1.165, 1.54) is 6.26 Å². The van der Waals surface area contributed by atoms with E-state index in [-0.39, 0.29) is 31.0 Å². The third kappa shape index (κ3) is 3.47. The molecule has 0 aliphatic heterocycles. The molecule has 0 saturated heterocycles. The minimum atomic E-state index is -0.245. The third-order valence-electron chi connectivity index (χ3n) is 3.20. The van der Waals surface area contributed by atoms with Gasteiger partial charge in [0, 0.05) is 12.6 Å². The Hall–Kier alpha value is -2.19. The molecule has 8 nitrogen and oxygen atoms in total. The topological polar surface area (TPSA) is 105 Å². The van der Waals surface area contributed by atoms with Crippen molar-refractivity contribution in [3.8, 4) is 11.7 Å². The van der Waals surface area contributed by atoms with Crippen LogP contribution in [0, 0.1) is 0 Å². The second-order valence-corrected chi connectivity index (χ2v) is 4.86. The zero-order valence-electron chi connectivity index (χ0n) is 11.4. The zero-order chi connectivity index (χ0) is 14.7. The molecule has 0 atom stereocenters. The van der Waals surface area contributed by atoms with Gasteiger partial charge in [0.15, 0.2) is 5.76 Å². The van der Waals surface area contributed by atoms with E-state index in [9.17, 15) is 4.79 Å². The summed E-state index contributed by atoms with van der Waals surface area (Å²) in [5.74, 6) is 0.414. The zero-order valence-corrected chi connectivity index (χ0v) is 11.4. The number of carbonyl (C=O) groups excluding carboxylic acids is 1. The maximum Gasteiger partial charge on any atom is 0.322 e. The van der Waals surface area contributed by atoms with E-state index >= 15 is 0 Å². The highest BCUT2D eigenvalue weighted by Crippen LogP contribution is 2.26. The van der Waals surface area contributed by atoms with Gasteiger partial charge < -0.3 is 13.9 Å². The lowest BCUT2D eigenvalue weighted by molar-refractivity contribution is -0.117. The highest BCUT2D eigenvalue weighted by Gasteiger charge is 2.30. The van der Waals surface area contributed by atoms with Crippen molar-refractivity contribution in [2.75, 3.05) is 25.0 Å². The number of hydrogen-bond donors (Lipinski definition) is 2. The van der Waals surface area contributed by atoms with E-state index < -0.39 is 0 Å². The Bertz CT molecular complexity index is 591. The number of anilines is 1. The molecule has 21 heavy (non-hydrogen) atoms. The monoisotopic (exact) mass is 292 g/mol. The number of aromatic nitrogens is 2. The summed E-state index contributed by atoms with van der Waals surface area (Å²) in [5, 5.41) is 19.1. The average molecular weight is 292 g/mol. The van der Waals surface area contributed by atoms with Crippen LogP contribution in [0.1, 0.15) is 12.8 Å². The number of aliphatic hydroxyl groups excluding tert-OH is 1. The summed E-state index contributed by atoms with van der Waals surface area (Å²) in [6, 6.07) is 3.82. The first-order valence-electron chi connectivity index (χ1n) is 6.78. The van der Waals surface area contributed by atoms with E-state index in [0.717, 1.165) is 12.8 Å². The van der Waals surface area contributed by atoms with Crippen molar-refractivity contribution < 1.29 is 18.7 Å². The van der Waals surface area contributed by atoms with Gasteiger partial charge >= 0.3 is 6.01 Å². The molecule has 1 fully saturated rings. The smallest absolute Gasteiger partial charge is 0.322 e. The van der Waals surface area contributed by atoms with Gasteiger partial charge in [0.1, 0.15) is 0 Å². The van der Waals surface area contributed by atoms with Gasteiger partial charge in [-0.05, 0) is 25.0 Å². The molecule has 1 aliphatic rings. The number of nitrogens with one attached hydrogen (secondary N) is 1. The molecule has 0 radical (unpaired) electrons. The van der Waals surface area contributed by atoms with E-state index in [4.69, 9.17) is 13.9 Å². The van der Waals surface area contributed by atoms with Crippen molar-refractivity contribution in [1.82, 2.24) is 15.1 Å². The Morgan fingerprint density at radius 1 is 1.48 bits per heavy atom. The number of carbonyl (C=O) groups is 1. The first kappa shape index (κ1) is 13.8. The number of furan rings is 1. The molecule has 2 aromatic rings. The van der Waals surface area contributed by atoms with Crippen molar-refractivity contribution in [1.29, 1.82) is 0 Å². The quantitative estimate of drug-likeness (QED) is 0.774. The summed E-state index contributed by atoms with van der Waals surface area (Å²) in [5.41, 5.74) is 0. The number of aliphatic hydroxyl groups is 1. The number of rotatable bonds is 7. The number of hydrogen-bond acceptors (Lipinski definition) is 7. The lowest BCUT2D eigenvalue weighted by Gasteiger charge is -2.19. The van der Waals surface area contributed by atoms with E-state index in [1.54, 1.807) is 12.1 Å². The summed E-state index contributed by atoms with van der Waals surface area (Å²) in [7, 11) is 0. The van der Waals surface area contributed by atoms with Crippen molar-refractivity contribution in [2.24, 2.45) is 0 Å². The maximum absolute atomic E-state index is 11.9.